The molecule has 1 amide bonds. The zero-order chi connectivity index (χ0) is 17.9. The van der Waals surface area contributed by atoms with Crippen LogP contribution in [0.15, 0.2) is 65.1 Å². The minimum atomic E-state index is -0.0335. The van der Waals surface area contributed by atoms with Gasteiger partial charge in [-0.15, -0.1) is 0 Å². The fourth-order valence-electron chi connectivity index (χ4n) is 3.86. The normalized spacial score (nSPS) is 20.4. The topological polar surface area (TPSA) is 42.7 Å². The molecule has 4 rings (SSSR count). The largest absolute Gasteiger partial charge is 0.451 e. The molecule has 26 heavy (non-hydrogen) atoms. The Morgan fingerprint density at radius 3 is 2.69 bits per heavy atom. The minimum Gasteiger partial charge on any atom is -0.451 e. The second kappa shape index (κ2) is 7.34. The van der Waals surface area contributed by atoms with Crippen LogP contribution in [-0.2, 0) is 11.2 Å². The summed E-state index contributed by atoms with van der Waals surface area (Å²) in [5, 5.41) is 0.962. The third-order valence-corrected chi connectivity index (χ3v) is 5.23. The molecule has 4 nitrogen and oxygen atoms in total. The number of carbonyl (C=O) groups excluding carboxylic acids is 1. The van der Waals surface area contributed by atoms with Crippen LogP contribution in [-0.4, -0.2) is 37.1 Å². The van der Waals surface area contributed by atoms with Crippen molar-refractivity contribution in [3.63, 3.8) is 0 Å². The highest BCUT2D eigenvalue weighted by atomic mass is 16.5. The second-order valence-electron chi connectivity index (χ2n) is 6.91. The predicted octanol–water partition coefficient (Wildman–Crippen LogP) is 4.15. The maximum Gasteiger partial charge on any atom is 0.289 e. The van der Waals surface area contributed by atoms with E-state index in [0.29, 0.717) is 18.8 Å². The van der Waals surface area contributed by atoms with Gasteiger partial charge in [0.25, 0.3) is 5.91 Å². The van der Waals surface area contributed by atoms with Crippen LogP contribution in [0, 0.1) is 5.92 Å². The number of amides is 1. The lowest BCUT2D eigenvalue weighted by molar-refractivity contribution is -0.00383. The summed E-state index contributed by atoms with van der Waals surface area (Å²) in [6.07, 6.45) is 1.93. The van der Waals surface area contributed by atoms with Gasteiger partial charge in [0.1, 0.15) is 5.58 Å². The Kier molecular flexibility index (Phi) is 4.76. The molecule has 4 heteroatoms. The molecule has 0 saturated carbocycles. The molecular formula is C22H23NO3. The van der Waals surface area contributed by atoms with E-state index >= 15 is 0 Å². The summed E-state index contributed by atoms with van der Waals surface area (Å²) < 4.78 is 11.5. The molecule has 1 aromatic heterocycles. The number of fused-ring (bicyclic) bond motifs is 1. The number of hydrogen-bond acceptors (Lipinski definition) is 3. The molecular weight excluding hydrogens is 326 g/mol. The first-order valence-corrected chi connectivity index (χ1v) is 9.09. The van der Waals surface area contributed by atoms with Crippen LogP contribution in [0.1, 0.15) is 22.5 Å². The van der Waals surface area contributed by atoms with E-state index in [1.807, 2.05) is 41.3 Å². The number of methoxy groups -OCH3 is 1. The molecule has 0 unspecified atom stereocenters. The molecule has 3 aromatic rings. The molecule has 1 aliphatic rings. The van der Waals surface area contributed by atoms with E-state index in [-0.39, 0.29) is 17.9 Å². The molecule has 1 aliphatic heterocycles. The smallest absolute Gasteiger partial charge is 0.289 e. The van der Waals surface area contributed by atoms with Gasteiger partial charge in [-0.3, -0.25) is 4.79 Å². The Labute approximate surface area is 153 Å². The van der Waals surface area contributed by atoms with Gasteiger partial charge < -0.3 is 14.1 Å². The standard InChI is InChI=1S/C22H23NO3/c1-25-19-11-12-23(15-18(19)13-16-7-3-2-4-8-16)22(24)21-14-17-9-5-6-10-20(17)26-21/h2-10,14,18-19H,11-13,15H2,1H3/t18-,19-/m1/s1. The lowest BCUT2D eigenvalue weighted by Gasteiger charge is -2.37. The van der Waals surface area contributed by atoms with E-state index in [1.54, 1.807) is 7.11 Å². The molecule has 0 bridgehead atoms. The minimum absolute atomic E-state index is 0.0335. The maximum absolute atomic E-state index is 13.0. The van der Waals surface area contributed by atoms with Crippen molar-refractivity contribution in [2.24, 2.45) is 5.92 Å². The molecule has 1 saturated heterocycles. The molecule has 134 valence electrons. The lowest BCUT2D eigenvalue weighted by Crippen LogP contribution is -2.47. The van der Waals surface area contributed by atoms with Gasteiger partial charge in [0, 0.05) is 31.5 Å². The Morgan fingerprint density at radius 1 is 1.15 bits per heavy atom. The first-order chi connectivity index (χ1) is 12.7. The summed E-state index contributed by atoms with van der Waals surface area (Å²) in [6, 6.07) is 20.0. The SMILES string of the molecule is CO[C@@H]1CCN(C(=O)c2cc3ccccc3o2)C[C@H]1Cc1ccccc1. The number of piperidine rings is 1. The quantitative estimate of drug-likeness (QED) is 0.710. The summed E-state index contributed by atoms with van der Waals surface area (Å²) >= 11 is 0. The number of carbonyl (C=O) groups is 1. The van der Waals surface area contributed by atoms with Crippen molar-refractivity contribution in [3.8, 4) is 0 Å². The van der Waals surface area contributed by atoms with E-state index in [0.717, 1.165) is 23.8 Å². The second-order valence-corrected chi connectivity index (χ2v) is 6.91. The van der Waals surface area contributed by atoms with Crippen molar-refractivity contribution in [1.29, 1.82) is 0 Å². The van der Waals surface area contributed by atoms with Crippen LogP contribution >= 0.6 is 0 Å². The molecule has 0 N–H and O–H groups in total. The molecule has 2 heterocycles. The predicted molar refractivity (Wildman–Crippen MR) is 101 cm³/mol. The third kappa shape index (κ3) is 3.37. The summed E-state index contributed by atoms with van der Waals surface area (Å²) in [5.41, 5.74) is 2.03. The van der Waals surface area contributed by atoms with E-state index in [4.69, 9.17) is 9.15 Å². The summed E-state index contributed by atoms with van der Waals surface area (Å²) in [4.78, 5) is 14.9. The Morgan fingerprint density at radius 2 is 1.92 bits per heavy atom. The van der Waals surface area contributed by atoms with Crippen molar-refractivity contribution in [1.82, 2.24) is 4.90 Å². The zero-order valence-corrected chi connectivity index (χ0v) is 14.9. The number of likely N-dealkylation sites (tertiary alicyclic amines) is 1. The highest BCUT2D eigenvalue weighted by Crippen LogP contribution is 2.26. The van der Waals surface area contributed by atoms with Crippen molar-refractivity contribution in [2.45, 2.75) is 18.9 Å². The van der Waals surface area contributed by atoms with Gasteiger partial charge in [-0.25, -0.2) is 0 Å². The first-order valence-electron chi connectivity index (χ1n) is 9.09. The number of hydrogen-bond donors (Lipinski definition) is 0. The summed E-state index contributed by atoms with van der Waals surface area (Å²) in [6.45, 7) is 1.38. The van der Waals surface area contributed by atoms with E-state index in [1.165, 1.54) is 5.56 Å². The van der Waals surface area contributed by atoms with Gasteiger partial charge in [-0.05, 0) is 30.5 Å². The molecule has 2 atom stereocenters. The molecule has 0 spiro atoms. The fourth-order valence-corrected chi connectivity index (χ4v) is 3.86. The number of furan rings is 1. The van der Waals surface area contributed by atoms with Crippen LogP contribution in [0.2, 0.25) is 0 Å². The zero-order valence-electron chi connectivity index (χ0n) is 14.9. The third-order valence-electron chi connectivity index (χ3n) is 5.23. The van der Waals surface area contributed by atoms with Gasteiger partial charge in [-0.2, -0.15) is 0 Å². The highest BCUT2D eigenvalue weighted by Gasteiger charge is 2.33. The van der Waals surface area contributed by atoms with Crippen LogP contribution in [0.25, 0.3) is 11.0 Å². The van der Waals surface area contributed by atoms with Crippen LogP contribution in [0.5, 0.6) is 0 Å². The molecule has 0 aliphatic carbocycles. The van der Waals surface area contributed by atoms with Crippen molar-refractivity contribution in [2.75, 3.05) is 20.2 Å². The number of rotatable bonds is 4. The average molecular weight is 349 g/mol. The van der Waals surface area contributed by atoms with Gasteiger partial charge in [0.15, 0.2) is 5.76 Å². The highest BCUT2D eigenvalue weighted by molar-refractivity contribution is 5.96. The van der Waals surface area contributed by atoms with Gasteiger partial charge in [-0.1, -0.05) is 48.5 Å². The van der Waals surface area contributed by atoms with Crippen molar-refractivity contribution in [3.05, 3.63) is 72.0 Å². The molecule has 1 fully saturated rings. The summed E-state index contributed by atoms with van der Waals surface area (Å²) in [5.74, 6) is 0.666. The van der Waals surface area contributed by atoms with Crippen LogP contribution in [0.3, 0.4) is 0 Å². The van der Waals surface area contributed by atoms with Gasteiger partial charge in [0.2, 0.25) is 0 Å². The number of benzene rings is 2. The fraction of sp³-hybridized carbons (Fsp3) is 0.318. The van der Waals surface area contributed by atoms with Crippen molar-refractivity contribution >= 4 is 16.9 Å². The maximum atomic E-state index is 13.0. The summed E-state index contributed by atoms with van der Waals surface area (Å²) in [7, 11) is 1.76. The van der Waals surface area contributed by atoms with Gasteiger partial charge in [0.05, 0.1) is 6.10 Å². The Balaban J connectivity index is 1.52. The Hall–Kier alpha value is -2.59. The Bertz CT molecular complexity index is 854. The molecule has 0 radical (unpaired) electrons. The van der Waals surface area contributed by atoms with Crippen LogP contribution < -0.4 is 0 Å². The van der Waals surface area contributed by atoms with Crippen LogP contribution in [0.4, 0.5) is 0 Å². The monoisotopic (exact) mass is 349 g/mol. The molecule has 2 aromatic carbocycles. The number of nitrogens with zero attached hydrogens (tertiary/aromatic N) is 1. The number of ether oxygens (including phenoxy) is 1. The first kappa shape index (κ1) is 16.9. The van der Waals surface area contributed by atoms with Crippen molar-refractivity contribution < 1.29 is 13.9 Å². The van der Waals surface area contributed by atoms with Gasteiger partial charge >= 0.3 is 0 Å². The average Bonchev–Trinajstić information content (AvgIpc) is 3.12. The number of para-hydroxylation sites is 1. The van der Waals surface area contributed by atoms with E-state index < -0.39 is 0 Å². The van der Waals surface area contributed by atoms with E-state index in [9.17, 15) is 4.79 Å². The van der Waals surface area contributed by atoms with E-state index in [2.05, 4.69) is 24.3 Å². The lowest BCUT2D eigenvalue weighted by atomic mass is 9.88.